The zero-order chi connectivity index (χ0) is 17.5. The second-order valence-electron chi connectivity index (χ2n) is 5.28. The molecule has 3 aromatic rings. The molecule has 2 N–H and O–H groups in total. The first kappa shape index (κ1) is 16.3. The SMILES string of the molecule is O=C(NCc1ccccc1NC(=O)c1cccnc1)c1cccnc1. The van der Waals surface area contributed by atoms with E-state index in [1.165, 1.54) is 12.4 Å². The van der Waals surface area contributed by atoms with Gasteiger partial charge in [-0.15, -0.1) is 0 Å². The van der Waals surface area contributed by atoms with Crippen molar-refractivity contribution in [1.82, 2.24) is 15.3 Å². The van der Waals surface area contributed by atoms with E-state index < -0.39 is 0 Å². The van der Waals surface area contributed by atoms with Gasteiger partial charge in [0.15, 0.2) is 0 Å². The molecule has 6 heteroatoms. The molecule has 0 saturated heterocycles. The molecule has 0 fully saturated rings. The van der Waals surface area contributed by atoms with E-state index in [1.807, 2.05) is 18.2 Å². The van der Waals surface area contributed by atoms with Gasteiger partial charge in [-0.25, -0.2) is 0 Å². The summed E-state index contributed by atoms with van der Waals surface area (Å²) in [5.41, 5.74) is 2.40. The summed E-state index contributed by atoms with van der Waals surface area (Å²) in [4.78, 5) is 32.3. The standard InChI is InChI=1S/C19H16N4O2/c24-18(15-6-3-9-20-11-15)22-13-14-5-1-2-8-17(14)23-19(25)16-7-4-10-21-12-16/h1-12H,13H2,(H,22,24)(H,23,25). The van der Waals surface area contributed by atoms with Crippen LogP contribution in [-0.4, -0.2) is 21.8 Å². The molecule has 2 amide bonds. The molecule has 124 valence electrons. The highest BCUT2D eigenvalue weighted by Gasteiger charge is 2.10. The first-order valence-electron chi connectivity index (χ1n) is 7.71. The number of carbonyl (C=O) groups is 2. The average molecular weight is 332 g/mol. The Balaban J connectivity index is 1.69. The number of pyridine rings is 2. The first-order chi connectivity index (χ1) is 12.2. The van der Waals surface area contributed by atoms with Crippen LogP contribution in [0.1, 0.15) is 26.3 Å². The third kappa shape index (κ3) is 4.26. The van der Waals surface area contributed by atoms with E-state index in [0.29, 0.717) is 16.8 Å². The fourth-order valence-electron chi connectivity index (χ4n) is 2.26. The molecule has 0 bridgehead atoms. The lowest BCUT2D eigenvalue weighted by Gasteiger charge is -2.12. The maximum absolute atomic E-state index is 12.3. The van der Waals surface area contributed by atoms with Gasteiger partial charge in [0, 0.05) is 37.0 Å². The lowest BCUT2D eigenvalue weighted by atomic mass is 10.1. The van der Waals surface area contributed by atoms with E-state index >= 15 is 0 Å². The van der Waals surface area contributed by atoms with Crippen LogP contribution in [0.2, 0.25) is 0 Å². The van der Waals surface area contributed by atoms with Crippen molar-refractivity contribution >= 4 is 17.5 Å². The van der Waals surface area contributed by atoms with Crippen molar-refractivity contribution < 1.29 is 9.59 Å². The minimum atomic E-state index is -0.251. The van der Waals surface area contributed by atoms with E-state index in [4.69, 9.17) is 0 Å². The van der Waals surface area contributed by atoms with Gasteiger partial charge in [-0.3, -0.25) is 19.6 Å². The number of hydrogen-bond acceptors (Lipinski definition) is 4. The topological polar surface area (TPSA) is 84.0 Å². The molecule has 25 heavy (non-hydrogen) atoms. The highest BCUT2D eigenvalue weighted by molar-refractivity contribution is 6.04. The number of nitrogens with zero attached hydrogens (tertiary/aromatic N) is 2. The fourth-order valence-corrected chi connectivity index (χ4v) is 2.26. The molecule has 0 aliphatic heterocycles. The van der Waals surface area contributed by atoms with Crippen LogP contribution in [0.5, 0.6) is 0 Å². The molecular formula is C19H16N4O2. The Morgan fingerprint density at radius 3 is 2.08 bits per heavy atom. The molecule has 1 aromatic carbocycles. The molecular weight excluding hydrogens is 316 g/mol. The zero-order valence-electron chi connectivity index (χ0n) is 13.3. The van der Waals surface area contributed by atoms with E-state index in [2.05, 4.69) is 20.6 Å². The van der Waals surface area contributed by atoms with Crippen molar-refractivity contribution in [2.45, 2.75) is 6.54 Å². The predicted octanol–water partition coefficient (Wildman–Crippen LogP) is 2.66. The van der Waals surface area contributed by atoms with Crippen molar-refractivity contribution in [2.24, 2.45) is 0 Å². The Morgan fingerprint density at radius 1 is 0.800 bits per heavy atom. The van der Waals surface area contributed by atoms with E-state index in [9.17, 15) is 9.59 Å². The first-order valence-corrected chi connectivity index (χ1v) is 7.71. The Hall–Kier alpha value is -3.54. The van der Waals surface area contributed by atoms with Crippen LogP contribution in [0, 0.1) is 0 Å². The number of amides is 2. The minimum Gasteiger partial charge on any atom is -0.348 e. The minimum absolute atomic E-state index is 0.221. The van der Waals surface area contributed by atoms with Crippen LogP contribution in [-0.2, 0) is 6.54 Å². The molecule has 0 unspecified atom stereocenters. The quantitative estimate of drug-likeness (QED) is 0.752. The summed E-state index contributed by atoms with van der Waals surface area (Å²) < 4.78 is 0. The van der Waals surface area contributed by atoms with Gasteiger partial charge in [0.05, 0.1) is 11.1 Å². The van der Waals surface area contributed by atoms with Gasteiger partial charge in [-0.05, 0) is 35.9 Å². The van der Waals surface area contributed by atoms with Gasteiger partial charge in [0.1, 0.15) is 0 Å². The number of anilines is 1. The van der Waals surface area contributed by atoms with Crippen molar-refractivity contribution in [3.05, 3.63) is 90.0 Å². The highest BCUT2D eigenvalue weighted by Crippen LogP contribution is 2.16. The van der Waals surface area contributed by atoms with Gasteiger partial charge >= 0.3 is 0 Å². The van der Waals surface area contributed by atoms with Crippen molar-refractivity contribution in [1.29, 1.82) is 0 Å². The number of aromatic nitrogens is 2. The summed E-state index contributed by atoms with van der Waals surface area (Å²) in [6.45, 7) is 0.289. The number of rotatable bonds is 5. The lowest BCUT2D eigenvalue weighted by Crippen LogP contribution is -2.24. The van der Waals surface area contributed by atoms with Crippen molar-refractivity contribution in [3.63, 3.8) is 0 Å². The monoisotopic (exact) mass is 332 g/mol. The molecule has 2 heterocycles. The van der Waals surface area contributed by atoms with Crippen LogP contribution in [0.15, 0.2) is 73.3 Å². The van der Waals surface area contributed by atoms with E-state index in [1.54, 1.807) is 42.7 Å². The number of hydrogen-bond donors (Lipinski definition) is 2. The largest absolute Gasteiger partial charge is 0.348 e. The van der Waals surface area contributed by atoms with Crippen molar-refractivity contribution in [3.8, 4) is 0 Å². The molecule has 0 radical (unpaired) electrons. The average Bonchev–Trinajstić information content (AvgIpc) is 2.68. The van der Waals surface area contributed by atoms with Gasteiger partial charge in [-0.1, -0.05) is 18.2 Å². The smallest absolute Gasteiger partial charge is 0.257 e. The second kappa shape index (κ2) is 7.83. The highest BCUT2D eigenvalue weighted by atomic mass is 16.2. The maximum atomic E-state index is 12.3. The Kier molecular flexibility index (Phi) is 5.11. The Bertz CT molecular complexity index is 867. The summed E-state index contributed by atoms with van der Waals surface area (Å²) in [5.74, 6) is -0.472. The maximum Gasteiger partial charge on any atom is 0.257 e. The number of benzene rings is 1. The Morgan fingerprint density at radius 2 is 1.44 bits per heavy atom. The molecule has 0 aliphatic carbocycles. The van der Waals surface area contributed by atoms with Gasteiger partial charge in [0.25, 0.3) is 11.8 Å². The summed E-state index contributed by atoms with van der Waals surface area (Å²) in [6, 6.07) is 14.1. The van der Waals surface area contributed by atoms with Gasteiger partial charge in [-0.2, -0.15) is 0 Å². The van der Waals surface area contributed by atoms with Crippen LogP contribution >= 0.6 is 0 Å². The molecule has 0 saturated carbocycles. The van der Waals surface area contributed by atoms with Crippen LogP contribution in [0.4, 0.5) is 5.69 Å². The second-order valence-corrected chi connectivity index (χ2v) is 5.28. The van der Waals surface area contributed by atoms with Crippen LogP contribution in [0.3, 0.4) is 0 Å². The summed E-state index contributed by atoms with van der Waals surface area (Å²) >= 11 is 0. The third-order valence-electron chi connectivity index (χ3n) is 3.55. The molecule has 0 atom stereocenters. The van der Waals surface area contributed by atoms with Crippen molar-refractivity contribution in [2.75, 3.05) is 5.32 Å². The number of para-hydroxylation sites is 1. The fraction of sp³-hybridized carbons (Fsp3) is 0.0526. The summed E-state index contributed by atoms with van der Waals surface area (Å²) in [7, 11) is 0. The van der Waals surface area contributed by atoms with Gasteiger partial charge < -0.3 is 10.6 Å². The number of nitrogens with one attached hydrogen (secondary N) is 2. The molecule has 2 aromatic heterocycles. The zero-order valence-corrected chi connectivity index (χ0v) is 13.3. The number of carbonyl (C=O) groups excluding carboxylic acids is 2. The molecule has 0 spiro atoms. The van der Waals surface area contributed by atoms with Gasteiger partial charge in [0.2, 0.25) is 0 Å². The molecule has 6 nitrogen and oxygen atoms in total. The summed E-state index contributed by atoms with van der Waals surface area (Å²) in [5, 5.41) is 5.67. The Labute approximate surface area is 145 Å². The van der Waals surface area contributed by atoms with E-state index in [0.717, 1.165) is 5.56 Å². The van der Waals surface area contributed by atoms with E-state index in [-0.39, 0.29) is 18.4 Å². The van der Waals surface area contributed by atoms with Crippen LogP contribution in [0.25, 0.3) is 0 Å². The summed E-state index contributed by atoms with van der Waals surface area (Å²) in [6.07, 6.45) is 6.23. The third-order valence-corrected chi connectivity index (χ3v) is 3.55. The molecule has 0 aliphatic rings. The predicted molar refractivity (Wildman–Crippen MR) is 94.0 cm³/mol. The van der Waals surface area contributed by atoms with Crippen LogP contribution < -0.4 is 10.6 Å². The molecule has 3 rings (SSSR count). The normalized spacial score (nSPS) is 10.1. The lowest BCUT2D eigenvalue weighted by molar-refractivity contribution is 0.0950.